The Morgan fingerprint density at radius 1 is 1.23 bits per heavy atom. The number of imide groups is 1. The molecule has 0 aliphatic carbocycles. The molecule has 2 atom stereocenters. The summed E-state index contributed by atoms with van der Waals surface area (Å²) in [5.41, 5.74) is 0. The van der Waals surface area contributed by atoms with Crippen LogP contribution in [0.1, 0.15) is 25.7 Å². The lowest BCUT2D eigenvalue weighted by molar-refractivity contribution is -0.139. The van der Waals surface area contributed by atoms with Crippen molar-refractivity contribution < 1.29 is 14.4 Å². The van der Waals surface area contributed by atoms with Crippen LogP contribution in [0.2, 0.25) is 0 Å². The molecule has 0 saturated carbocycles. The molecule has 0 aromatic carbocycles. The first-order chi connectivity index (χ1) is 10.7. The van der Waals surface area contributed by atoms with Gasteiger partial charge in [0.15, 0.2) is 0 Å². The Labute approximate surface area is 133 Å². The molecular formula is C14H20N4O3S. The van der Waals surface area contributed by atoms with Gasteiger partial charge in [-0.05, 0) is 49.6 Å². The van der Waals surface area contributed by atoms with Crippen molar-refractivity contribution in [2.45, 2.75) is 37.8 Å². The van der Waals surface area contributed by atoms with Crippen LogP contribution in [0.15, 0.2) is 11.5 Å². The molecule has 0 aromatic heterocycles. The standard InChI is InChI=1S/C14H20N4O3S/c19-12(16-14(21)18-8-3-9-22-18)11-5-2-7-17(11)13(20)10-4-1-6-15-10/h3,9-11,15H,1-2,4-8H2,(H,16,19,21)/t10-,11-/m0/s1. The second-order valence-electron chi connectivity index (χ2n) is 5.67. The lowest BCUT2D eigenvalue weighted by atomic mass is 10.1. The number of hydrogen-bond donors (Lipinski definition) is 2. The van der Waals surface area contributed by atoms with Crippen LogP contribution in [0.5, 0.6) is 0 Å². The molecule has 8 heteroatoms. The van der Waals surface area contributed by atoms with Gasteiger partial charge in [0.1, 0.15) is 6.04 Å². The van der Waals surface area contributed by atoms with E-state index in [9.17, 15) is 14.4 Å². The van der Waals surface area contributed by atoms with Crippen LogP contribution in [-0.4, -0.2) is 58.8 Å². The summed E-state index contributed by atoms with van der Waals surface area (Å²) in [6.07, 6.45) is 5.07. The number of nitrogens with one attached hydrogen (secondary N) is 2. The molecule has 0 bridgehead atoms. The maximum Gasteiger partial charge on any atom is 0.334 e. The highest BCUT2D eigenvalue weighted by atomic mass is 32.2. The molecule has 0 spiro atoms. The monoisotopic (exact) mass is 324 g/mol. The highest BCUT2D eigenvalue weighted by molar-refractivity contribution is 8.00. The molecule has 0 aromatic rings. The Hall–Kier alpha value is -1.54. The average molecular weight is 324 g/mol. The SMILES string of the molecule is O=C(NC(=O)N1CC=CS1)[C@@H]1CCCN1C(=O)[C@@H]1CCCN1. The maximum absolute atomic E-state index is 12.5. The first-order valence-corrected chi connectivity index (χ1v) is 8.48. The van der Waals surface area contributed by atoms with Crippen molar-refractivity contribution in [3.8, 4) is 0 Å². The van der Waals surface area contributed by atoms with Crippen LogP contribution in [0, 0.1) is 0 Å². The van der Waals surface area contributed by atoms with Crippen LogP contribution in [-0.2, 0) is 9.59 Å². The predicted molar refractivity (Wildman–Crippen MR) is 82.7 cm³/mol. The molecule has 7 nitrogen and oxygen atoms in total. The van der Waals surface area contributed by atoms with Crippen LogP contribution < -0.4 is 10.6 Å². The van der Waals surface area contributed by atoms with Gasteiger partial charge in [-0.25, -0.2) is 4.79 Å². The zero-order chi connectivity index (χ0) is 15.5. The molecule has 120 valence electrons. The first kappa shape index (κ1) is 15.4. The highest BCUT2D eigenvalue weighted by Crippen LogP contribution is 2.22. The lowest BCUT2D eigenvalue weighted by Gasteiger charge is -2.27. The summed E-state index contributed by atoms with van der Waals surface area (Å²) < 4.78 is 1.47. The summed E-state index contributed by atoms with van der Waals surface area (Å²) in [6.45, 7) is 1.92. The fourth-order valence-corrected chi connectivity index (χ4v) is 3.71. The van der Waals surface area contributed by atoms with Gasteiger partial charge in [0.25, 0.3) is 5.91 Å². The quantitative estimate of drug-likeness (QED) is 0.721. The van der Waals surface area contributed by atoms with Crippen molar-refractivity contribution >= 4 is 29.8 Å². The molecule has 2 saturated heterocycles. The number of rotatable bonds is 2. The smallest absolute Gasteiger partial charge is 0.329 e. The van der Waals surface area contributed by atoms with Crippen molar-refractivity contribution in [2.24, 2.45) is 0 Å². The van der Waals surface area contributed by atoms with Gasteiger partial charge in [-0.2, -0.15) is 0 Å². The zero-order valence-corrected chi connectivity index (χ0v) is 13.1. The number of likely N-dealkylation sites (tertiary alicyclic amines) is 1. The summed E-state index contributed by atoms with van der Waals surface area (Å²) in [5, 5.41) is 7.39. The van der Waals surface area contributed by atoms with Gasteiger partial charge in [-0.15, -0.1) is 0 Å². The number of nitrogens with zero attached hydrogens (tertiary/aromatic N) is 2. The fraction of sp³-hybridized carbons (Fsp3) is 0.643. The Balaban J connectivity index is 1.58. The fourth-order valence-electron chi connectivity index (χ4n) is 3.08. The number of urea groups is 1. The van der Waals surface area contributed by atoms with Gasteiger partial charge < -0.3 is 10.2 Å². The summed E-state index contributed by atoms with van der Waals surface area (Å²) in [5.74, 6) is -0.388. The van der Waals surface area contributed by atoms with E-state index in [2.05, 4.69) is 10.6 Å². The van der Waals surface area contributed by atoms with Crippen LogP contribution in [0.25, 0.3) is 0 Å². The zero-order valence-electron chi connectivity index (χ0n) is 12.3. The third-order valence-electron chi connectivity index (χ3n) is 4.21. The van der Waals surface area contributed by atoms with E-state index in [4.69, 9.17) is 0 Å². The second-order valence-corrected chi connectivity index (χ2v) is 6.60. The van der Waals surface area contributed by atoms with Gasteiger partial charge >= 0.3 is 6.03 Å². The van der Waals surface area contributed by atoms with Gasteiger partial charge in [-0.3, -0.25) is 19.2 Å². The van der Waals surface area contributed by atoms with Crippen LogP contribution in [0.4, 0.5) is 4.79 Å². The normalized spacial score (nSPS) is 27.5. The van der Waals surface area contributed by atoms with E-state index in [0.717, 1.165) is 25.8 Å². The van der Waals surface area contributed by atoms with Crippen molar-refractivity contribution in [2.75, 3.05) is 19.6 Å². The molecule has 3 aliphatic heterocycles. The predicted octanol–water partition coefficient (Wildman–Crippen LogP) is 0.443. The van der Waals surface area contributed by atoms with Crippen molar-refractivity contribution in [3.05, 3.63) is 11.5 Å². The number of amides is 4. The van der Waals surface area contributed by atoms with E-state index in [1.807, 2.05) is 6.08 Å². The third kappa shape index (κ3) is 3.12. The highest BCUT2D eigenvalue weighted by Gasteiger charge is 2.38. The van der Waals surface area contributed by atoms with Gasteiger partial charge in [0.2, 0.25) is 5.91 Å². The molecule has 0 unspecified atom stereocenters. The summed E-state index contributed by atoms with van der Waals surface area (Å²) in [6, 6.07) is -1.12. The molecule has 4 amide bonds. The summed E-state index contributed by atoms with van der Waals surface area (Å²) in [7, 11) is 0. The van der Waals surface area contributed by atoms with Crippen LogP contribution >= 0.6 is 11.9 Å². The molecule has 3 rings (SSSR count). The Morgan fingerprint density at radius 2 is 2.09 bits per heavy atom. The minimum absolute atomic E-state index is 0.0141. The maximum atomic E-state index is 12.5. The van der Waals surface area contributed by atoms with Crippen molar-refractivity contribution in [1.82, 2.24) is 19.8 Å². The third-order valence-corrected chi connectivity index (χ3v) is 5.09. The van der Waals surface area contributed by atoms with Crippen LogP contribution in [0.3, 0.4) is 0 Å². The van der Waals surface area contributed by atoms with E-state index in [1.165, 1.54) is 16.3 Å². The molecule has 3 aliphatic rings. The molecule has 2 fully saturated rings. The van der Waals surface area contributed by atoms with Gasteiger partial charge in [0.05, 0.1) is 12.6 Å². The largest absolute Gasteiger partial charge is 0.334 e. The van der Waals surface area contributed by atoms with E-state index in [-0.39, 0.29) is 17.9 Å². The minimum Gasteiger partial charge on any atom is -0.329 e. The van der Waals surface area contributed by atoms with Gasteiger partial charge in [0, 0.05) is 6.54 Å². The molecular weight excluding hydrogens is 304 g/mol. The Kier molecular flexibility index (Phi) is 4.68. The number of hydrogen-bond acceptors (Lipinski definition) is 5. The average Bonchev–Trinajstić information content (AvgIpc) is 3.27. The lowest BCUT2D eigenvalue weighted by Crippen LogP contribution is -2.53. The summed E-state index contributed by atoms with van der Waals surface area (Å²) >= 11 is 1.26. The van der Waals surface area contributed by atoms with E-state index in [1.54, 1.807) is 10.3 Å². The topological polar surface area (TPSA) is 81.8 Å². The van der Waals surface area contributed by atoms with E-state index >= 15 is 0 Å². The van der Waals surface area contributed by atoms with Gasteiger partial charge in [-0.1, -0.05) is 6.08 Å². The Morgan fingerprint density at radius 3 is 2.77 bits per heavy atom. The van der Waals surface area contributed by atoms with Crippen molar-refractivity contribution in [1.29, 1.82) is 0 Å². The summed E-state index contributed by atoms with van der Waals surface area (Å²) in [4.78, 5) is 38.4. The Bertz CT molecular complexity index is 496. The second kappa shape index (κ2) is 6.70. The van der Waals surface area contributed by atoms with E-state index < -0.39 is 12.1 Å². The number of carbonyl (C=O) groups is 3. The van der Waals surface area contributed by atoms with E-state index in [0.29, 0.717) is 19.5 Å². The molecule has 3 heterocycles. The molecule has 2 N–H and O–H groups in total. The minimum atomic E-state index is -0.528. The molecule has 0 radical (unpaired) electrons. The van der Waals surface area contributed by atoms with Crippen molar-refractivity contribution in [3.63, 3.8) is 0 Å². The first-order valence-electron chi connectivity index (χ1n) is 7.65. The molecule has 22 heavy (non-hydrogen) atoms. The number of carbonyl (C=O) groups excluding carboxylic acids is 3.